The number of esters is 1. The molecule has 2 heterocycles. The van der Waals surface area contributed by atoms with Gasteiger partial charge in [-0.2, -0.15) is 0 Å². The number of aryl methyl sites for hydroxylation is 1. The maximum Gasteiger partial charge on any atom is 0.349 e. The van der Waals surface area contributed by atoms with Gasteiger partial charge in [-0.05, 0) is 35.9 Å². The Morgan fingerprint density at radius 3 is 2.56 bits per heavy atom. The van der Waals surface area contributed by atoms with E-state index in [1.807, 2.05) is 36.4 Å². The van der Waals surface area contributed by atoms with Gasteiger partial charge in [0.1, 0.15) is 4.88 Å². The number of hydrogen-bond donors (Lipinski definition) is 0. The molecule has 1 aliphatic heterocycles. The van der Waals surface area contributed by atoms with Crippen molar-refractivity contribution in [1.82, 2.24) is 4.90 Å². The minimum atomic E-state index is -3.14. The molecule has 1 aromatic carbocycles. The molecule has 2 aromatic rings. The fraction of sp³-hybridized carbons (Fsp3) is 0.368. The molecule has 1 amide bonds. The predicted molar refractivity (Wildman–Crippen MR) is 103 cm³/mol. The summed E-state index contributed by atoms with van der Waals surface area (Å²) in [7, 11) is -3.14. The zero-order valence-electron chi connectivity index (χ0n) is 15.0. The number of nitrogens with zero attached hydrogens (tertiary/aromatic N) is 1. The highest BCUT2D eigenvalue weighted by Gasteiger charge is 2.35. The Kier molecular flexibility index (Phi) is 5.96. The van der Waals surface area contributed by atoms with Crippen LogP contribution in [0, 0.1) is 6.92 Å². The van der Waals surface area contributed by atoms with Crippen molar-refractivity contribution in [2.75, 3.05) is 18.1 Å². The average molecular weight is 408 g/mol. The molecule has 144 valence electrons. The molecule has 1 atom stereocenters. The van der Waals surface area contributed by atoms with E-state index in [0.717, 1.165) is 11.1 Å². The second kappa shape index (κ2) is 8.22. The number of benzene rings is 1. The third-order valence-corrected chi connectivity index (χ3v) is 7.29. The summed E-state index contributed by atoms with van der Waals surface area (Å²) in [6.45, 7) is 1.69. The SMILES string of the molecule is Cc1ccsc1C(=O)OCC(=O)N(Cc1ccccc1)[C@@H]1CCS(=O)(=O)C1. The molecule has 1 saturated heterocycles. The minimum absolute atomic E-state index is 0.0520. The van der Waals surface area contributed by atoms with Crippen LogP contribution in [-0.4, -0.2) is 49.3 Å². The van der Waals surface area contributed by atoms with Gasteiger partial charge in [0.2, 0.25) is 0 Å². The first-order valence-corrected chi connectivity index (χ1v) is 11.3. The predicted octanol–water partition coefficient (Wildman–Crippen LogP) is 2.43. The van der Waals surface area contributed by atoms with Crippen LogP contribution in [0.3, 0.4) is 0 Å². The van der Waals surface area contributed by atoms with E-state index < -0.39 is 28.5 Å². The molecule has 0 bridgehead atoms. The first kappa shape index (κ1) is 19.6. The van der Waals surface area contributed by atoms with Gasteiger partial charge in [0.15, 0.2) is 16.4 Å². The summed E-state index contributed by atoms with van der Waals surface area (Å²) in [5.41, 5.74) is 1.70. The average Bonchev–Trinajstić information content (AvgIpc) is 3.23. The molecule has 0 radical (unpaired) electrons. The minimum Gasteiger partial charge on any atom is -0.451 e. The summed E-state index contributed by atoms with van der Waals surface area (Å²) in [6, 6.07) is 10.8. The maximum atomic E-state index is 12.8. The second-order valence-corrected chi connectivity index (χ2v) is 9.72. The highest BCUT2D eigenvalue weighted by molar-refractivity contribution is 7.91. The number of thiophene rings is 1. The topological polar surface area (TPSA) is 80.8 Å². The van der Waals surface area contributed by atoms with E-state index in [0.29, 0.717) is 11.3 Å². The molecule has 0 N–H and O–H groups in total. The third kappa shape index (κ3) is 4.95. The summed E-state index contributed by atoms with van der Waals surface area (Å²) < 4.78 is 28.9. The number of ether oxygens (including phenoxy) is 1. The van der Waals surface area contributed by atoms with E-state index in [2.05, 4.69) is 0 Å². The molecule has 6 nitrogen and oxygen atoms in total. The van der Waals surface area contributed by atoms with Crippen LogP contribution in [0.5, 0.6) is 0 Å². The Labute approximate surface area is 162 Å². The number of amides is 1. The van der Waals surface area contributed by atoms with E-state index in [4.69, 9.17) is 4.74 Å². The highest BCUT2D eigenvalue weighted by Crippen LogP contribution is 2.21. The largest absolute Gasteiger partial charge is 0.451 e. The summed E-state index contributed by atoms with van der Waals surface area (Å²) in [5, 5.41) is 1.79. The number of sulfone groups is 1. The first-order valence-electron chi connectivity index (χ1n) is 8.61. The number of rotatable bonds is 6. The summed E-state index contributed by atoms with van der Waals surface area (Å²) in [6.07, 6.45) is 0.402. The Morgan fingerprint density at radius 1 is 1.22 bits per heavy atom. The molecule has 0 spiro atoms. The lowest BCUT2D eigenvalue weighted by Crippen LogP contribution is -2.42. The fourth-order valence-corrected chi connectivity index (χ4v) is 5.63. The summed E-state index contributed by atoms with van der Waals surface area (Å²) in [5.74, 6) is -0.897. The van der Waals surface area contributed by atoms with Crippen LogP contribution in [0.1, 0.15) is 27.2 Å². The van der Waals surface area contributed by atoms with Gasteiger partial charge >= 0.3 is 5.97 Å². The number of carbonyl (C=O) groups excluding carboxylic acids is 2. The Morgan fingerprint density at radius 2 is 1.96 bits per heavy atom. The van der Waals surface area contributed by atoms with Crippen LogP contribution in [0.2, 0.25) is 0 Å². The number of hydrogen-bond acceptors (Lipinski definition) is 6. The third-order valence-electron chi connectivity index (χ3n) is 4.54. The molecule has 27 heavy (non-hydrogen) atoms. The summed E-state index contributed by atoms with van der Waals surface area (Å²) in [4.78, 5) is 26.9. The maximum absolute atomic E-state index is 12.8. The van der Waals surface area contributed by atoms with Gasteiger partial charge < -0.3 is 9.64 Å². The molecular formula is C19H21NO5S2. The Bertz CT molecular complexity index is 921. The van der Waals surface area contributed by atoms with Gasteiger partial charge in [0.25, 0.3) is 5.91 Å². The van der Waals surface area contributed by atoms with Crippen LogP contribution >= 0.6 is 11.3 Å². The molecule has 8 heteroatoms. The van der Waals surface area contributed by atoms with Crippen molar-refractivity contribution < 1.29 is 22.7 Å². The molecule has 1 fully saturated rings. The monoisotopic (exact) mass is 407 g/mol. The summed E-state index contributed by atoms with van der Waals surface area (Å²) >= 11 is 1.27. The Balaban J connectivity index is 1.70. The van der Waals surface area contributed by atoms with E-state index in [1.165, 1.54) is 16.2 Å². The lowest BCUT2D eigenvalue weighted by atomic mass is 10.1. The van der Waals surface area contributed by atoms with Crippen LogP contribution in [0.4, 0.5) is 0 Å². The van der Waals surface area contributed by atoms with Gasteiger partial charge in [-0.3, -0.25) is 4.79 Å². The highest BCUT2D eigenvalue weighted by atomic mass is 32.2. The molecular weight excluding hydrogens is 386 g/mol. The van der Waals surface area contributed by atoms with Gasteiger partial charge in [-0.1, -0.05) is 30.3 Å². The van der Waals surface area contributed by atoms with Gasteiger partial charge in [-0.25, -0.2) is 13.2 Å². The zero-order chi connectivity index (χ0) is 19.4. The lowest BCUT2D eigenvalue weighted by molar-refractivity contribution is -0.137. The van der Waals surface area contributed by atoms with Crippen molar-refractivity contribution in [2.45, 2.75) is 25.9 Å². The van der Waals surface area contributed by atoms with Crippen molar-refractivity contribution in [3.05, 3.63) is 57.8 Å². The fourth-order valence-electron chi connectivity index (χ4n) is 3.08. The Hall–Kier alpha value is -2.19. The normalized spacial score (nSPS) is 18.2. The molecule has 1 aliphatic rings. The quantitative estimate of drug-likeness (QED) is 0.687. The van der Waals surface area contributed by atoms with Crippen LogP contribution in [0.15, 0.2) is 41.8 Å². The standard InChI is InChI=1S/C19H21NO5S2/c1-14-7-9-26-18(14)19(22)25-12-17(21)20(11-15-5-3-2-4-6-15)16-8-10-27(23,24)13-16/h2-7,9,16H,8,10-13H2,1H3/t16-/m1/s1. The molecule has 3 rings (SSSR count). The van der Waals surface area contributed by atoms with Crippen molar-refractivity contribution in [3.63, 3.8) is 0 Å². The van der Waals surface area contributed by atoms with E-state index in [9.17, 15) is 18.0 Å². The molecule has 0 saturated carbocycles. The first-order chi connectivity index (χ1) is 12.9. The molecule has 1 aromatic heterocycles. The van der Waals surface area contributed by atoms with Crippen LogP contribution < -0.4 is 0 Å². The van der Waals surface area contributed by atoms with Crippen molar-refractivity contribution >= 4 is 33.1 Å². The van der Waals surface area contributed by atoms with Crippen LogP contribution in [0.25, 0.3) is 0 Å². The van der Waals surface area contributed by atoms with E-state index >= 15 is 0 Å². The van der Waals surface area contributed by atoms with Gasteiger partial charge in [0, 0.05) is 12.6 Å². The van der Waals surface area contributed by atoms with E-state index in [1.54, 1.807) is 12.3 Å². The van der Waals surface area contributed by atoms with Gasteiger partial charge in [-0.15, -0.1) is 11.3 Å². The molecule has 0 aliphatic carbocycles. The van der Waals surface area contributed by atoms with Crippen LogP contribution in [-0.2, 0) is 25.9 Å². The second-order valence-electron chi connectivity index (χ2n) is 6.57. The zero-order valence-corrected chi connectivity index (χ0v) is 16.6. The number of carbonyl (C=O) groups is 2. The van der Waals surface area contributed by atoms with Crippen molar-refractivity contribution in [1.29, 1.82) is 0 Å². The van der Waals surface area contributed by atoms with Gasteiger partial charge in [0.05, 0.1) is 11.5 Å². The van der Waals surface area contributed by atoms with Crippen molar-refractivity contribution in [2.24, 2.45) is 0 Å². The molecule has 0 unspecified atom stereocenters. The van der Waals surface area contributed by atoms with Crippen molar-refractivity contribution in [3.8, 4) is 0 Å². The lowest BCUT2D eigenvalue weighted by Gasteiger charge is -2.28. The van der Waals surface area contributed by atoms with E-state index in [-0.39, 0.29) is 24.0 Å². The smallest absolute Gasteiger partial charge is 0.349 e.